The lowest BCUT2D eigenvalue weighted by Gasteiger charge is -2.28. The van der Waals surface area contributed by atoms with E-state index in [4.69, 9.17) is 9.47 Å². The lowest BCUT2D eigenvalue weighted by molar-refractivity contribution is -0.140. The Balaban J connectivity index is 0.000000254. The first-order valence-electron chi connectivity index (χ1n) is 16.2. The average molecular weight is 748 g/mol. The quantitative estimate of drug-likeness (QED) is 0.103. The van der Waals surface area contributed by atoms with Crippen LogP contribution in [0.1, 0.15) is 50.9 Å². The number of rotatable bonds is 9. The zero-order valence-electron chi connectivity index (χ0n) is 30.3. The summed E-state index contributed by atoms with van der Waals surface area (Å²) in [5, 5.41) is 38.1. The molecule has 2 atom stereocenters. The summed E-state index contributed by atoms with van der Waals surface area (Å²) in [6.45, 7) is 7.33. The van der Waals surface area contributed by atoms with Gasteiger partial charge in [0, 0.05) is 36.6 Å². The number of allylic oxidation sites excluding steroid dienone is 2. The third-order valence-electron chi connectivity index (χ3n) is 7.43. The summed E-state index contributed by atoms with van der Waals surface area (Å²) < 4.78 is 10.2. The van der Waals surface area contributed by atoms with Crippen LogP contribution in [0.4, 0.5) is 9.59 Å². The first-order chi connectivity index (χ1) is 25.5. The van der Waals surface area contributed by atoms with E-state index in [9.17, 15) is 24.0 Å². The highest BCUT2D eigenvalue weighted by Gasteiger charge is 2.33. The molecule has 21 nitrogen and oxygen atoms in total. The normalized spacial score (nSPS) is 16.0. The summed E-state index contributed by atoms with van der Waals surface area (Å²) in [7, 11) is 3.38. The Morgan fingerprint density at radius 2 is 1.06 bits per heavy atom. The van der Waals surface area contributed by atoms with Crippen LogP contribution >= 0.6 is 0 Å². The Labute approximate surface area is 308 Å². The fourth-order valence-corrected chi connectivity index (χ4v) is 5.06. The molecule has 4 aromatic rings. The predicted octanol–water partition coefficient (Wildman–Crippen LogP) is 0.995. The molecule has 21 heteroatoms. The number of esters is 2. The van der Waals surface area contributed by atoms with Gasteiger partial charge in [-0.3, -0.25) is 4.79 Å². The molecule has 0 unspecified atom stereocenters. The van der Waals surface area contributed by atoms with Gasteiger partial charge in [0.15, 0.2) is 0 Å². The number of aromatic amines is 2. The van der Waals surface area contributed by atoms with Crippen LogP contribution in [0.2, 0.25) is 0 Å². The van der Waals surface area contributed by atoms with Crippen molar-refractivity contribution in [1.29, 1.82) is 0 Å². The molecule has 0 fully saturated rings. The van der Waals surface area contributed by atoms with Crippen LogP contribution in [0.15, 0.2) is 71.1 Å². The summed E-state index contributed by atoms with van der Waals surface area (Å²) in [6, 6.07) is 12.5. The molecular formula is C33H41N13O8. The van der Waals surface area contributed by atoms with E-state index in [1.165, 1.54) is 4.90 Å². The second-order valence-electron chi connectivity index (χ2n) is 11.4. The van der Waals surface area contributed by atoms with E-state index in [1.807, 2.05) is 0 Å². The molecule has 0 spiro atoms. The SMILES string of the molecule is CCOC(=O)C1=C(C)NC(=O)N[C@@H]1c1ccc(-c2nn[nH]n2)cc1.CCOC(=O)C1=C(C)NC(=O)N[C@H]1c1ccc(-c2nn[nH]n2)cc1.CN(C)C=O.O. The van der Waals surface area contributed by atoms with Crippen LogP contribution in [0.25, 0.3) is 22.8 Å². The summed E-state index contributed by atoms with van der Waals surface area (Å²) >= 11 is 0. The van der Waals surface area contributed by atoms with Crippen molar-refractivity contribution in [2.24, 2.45) is 0 Å². The number of amides is 5. The number of ether oxygens (including phenoxy) is 2. The van der Waals surface area contributed by atoms with Gasteiger partial charge in [0.05, 0.1) is 36.4 Å². The maximum Gasteiger partial charge on any atom is 0.338 e. The Hall–Kier alpha value is -7.03. The van der Waals surface area contributed by atoms with Crippen molar-refractivity contribution in [1.82, 2.24) is 67.4 Å². The number of nitrogens with one attached hydrogen (secondary N) is 6. The van der Waals surface area contributed by atoms with Crippen molar-refractivity contribution in [3.05, 3.63) is 82.2 Å². The highest BCUT2D eigenvalue weighted by Crippen LogP contribution is 2.30. The summed E-state index contributed by atoms with van der Waals surface area (Å²) in [4.78, 5) is 59.0. The second kappa shape index (κ2) is 19.5. The van der Waals surface area contributed by atoms with Gasteiger partial charge in [-0.25, -0.2) is 19.2 Å². The number of urea groups is 2. The smallest absolute Gasteiger partial charge is 0.338 e. The summed E-state index contributed by atoms with van der Waals surface area (Å²) in [6.07, 6.45) is 0.750. The van der Waals surface area contributed by atoms with Gasteiger partial charge >= 0.3 is 24.0 Å². The number of carbonyl (C=O) groups is 5. The largest absolute Gasteiger partial charge is 0.463 e. The highest BCUT2D eigenvalue weighted by atomic mass is 16.5. The molecule has 2 aliphatic heterocycles. The minimum Gasteiger partial charge on any atom is -0.463 e. The van der Waals surface area contributed by atoms with Gasteiger partial charge < -0.3 is 41.1 Å². The number of hydrogen-bond donors (Lipinski definition) is 6. The van der Waals surface area contributed by atoms with Gasteiger partial charge in [-0.15, -0.1) is 20.4 Å². The maximum atomic E-state index is 12.2. The van der Waals surface area contributed by atoms with E-state index < -0.39 is 24.0 Å². The Morgan fingerprint density at radius 1 is 0.704 bits per heavy atom. The molecule has 6 rings (SSSR count). The Bertz CT molecular complexity index is 1810. The number of tetrazole rings is 2. The van der Waals surface area contributed by atoms with Crippen molar-refractivity contribution in [3.8, 4) is 22.8 Å². The highest BCUT2D eigenvalue weighted by molar-refractivity contribution is 5.95. The van der Waals surface area contributed by atoms with Crippen molar-refractivity contribution in [3.63, 3.8) is 0 Å². The number of aromatic nitrogens is 8. The van der Waals surface area contributed by atoms with Gasteiger partial charge in [0.2, 0.25) is 18.1 Å². The maximum absolute atomic E-state index is 12.2. The van der Waals surface area contributed by atoms with E-state index in [-0.39, 0.29) is 30.8 Å². The molecule has 2 aromatic heterocycles. The molecule has 8 N–H and O–H groups in total. The molecule has 2 aliphatic rings. The van der Waals surface area contributed by atoms with E-state index in [1.54, 1.807) is 90.3 Å². The minimum atomic E-state index is -0.586. The van der Waals surface area contributed by atoms with Gasteiger partial charge in [-0.1, -0.05) is 48.5 Å². The number of nitrogens with zero attached hydrogens (tertiary/aromatic N) is 7. The van der Waals surface area contributed by atoms with Crippen molar-refractivity contribution in [2.75, 3.05) is 27.3 Å². The van der Waals surface area contributed by atoms with Gasteiger partial charge in [0.1, 0.15) is 0 Å². The molecule has 2 aromatic carbocycles. The Morgan fingerprint density at radius 3 is 1.33 bits per heavy atom. The van der Waals surface area contributed by atoms with Crippen LogP contribution < -0.4 is 21.3 Å². The Kier molecular flexibility index (Phi) is 15.0. The zero-order chi connectivity index (χ0) is 38.5. The van der Waals surface area contributed by atoms with Crippen LogP contribution in [0, 0.1) is 0 Å². The van der Waals surface area contributed by atoms with Crippen LogP contribution in [-0.2, 0) is 23.9 Å². The third-order valence-corrected chi connectivity index (χ3v) is 7.43. The molecule has 5 amide bonds. The van der Waals surface area contributed by atoms with E-state index in [2.05, 4.69) is 62.5 Å². The lowest BCUT2D eigenvalue weighted by atomic mass is 9.95. The molecule has 54 heavy (non-hydrogen) atoms. The third kappa shape index (κ3) is 10.5. The standard InChI is InChI=1S/2C15H16N6O3.C3H7NO.H2O/c2*1-3-24-14(22)11-8(2)16-15(23)17-12(11)9-4-6-10(7-5-9)13-18-20-21-19-13;1-4(2)3-5;/h2*4-7,12H,3H2,1-2H3,(H2,16,17,23)(H,18,19,20,21);3H,1-2H3;1H2/t2*12-;;/m10../s1. The minimum absolute atomic E-state index is 0. The molecule has 0 bridgehead atoms. The van der Waals surface area contributed by atoms with Crippen molar-refractivity contribution >= 4 is 30.4 Å². The summed E-state index contributed by atoms with van der Waals surface area (Å²) in [5.41, 5.74) is 4.75. The fraction of sp³-hybridized carbons (Fsp3) is 0.303. The predicted molar refractivity (Wildman–Crippen MR) is 190 cm³/mol. The van der Waals surface area contributed by atoms with E-state index >= 15 is 0 Å². The second-order valence-corrected chi connectivity index (χ2v) is 11.4. The number of H-pyrrole nitrogens is 2. The molecule has 0 saturated carbocycles. The molecule has 0 radical (unpaired) electrons. The molecule has 0 aliphatic carbocycles. The average Bonchev–Trinajstić information content (AvgIpc) is 3.88. The molecule has 286 valence electrons. The van der Waals surface area contributed by atoms with E-state index in [0.29, 0.717) is 34.2 Å². The molecular weight excluding hydrogens is 706 g/mol. The van der Waals surface area contributed by atoms with Crippen molar-refractivity contribution < 1.29 is 38.9 Å². The number of hydrogen-bond acceptors (Lipinski definition) is 13. The fourth-order valence-electron chi connectivity index (χ4n) is 5.06. The number of benzene rings is 2. The molecule has 4 heterocycles. The number of carbonyl (C=O) groups excluding carboxylic acids is 5. The van der Waals surface area contributed by atoms with Crippen molar-refractivity contribution in [2.45, 2.75) is 39.8 Å². The summed E-state index contributed by atoms with van der Waals surface area (Å²) in [5.74, 6) is 0.00552. The monoisotopic (exact) mass is 747 g/mol. The van der Waals surface area contributed by atoms with Gasteiger partial charge in [-0.05, 0) is 49.2 Å². The van der Waals surface area contributed by atoms with Gasteiger partial charge in [-0.2, -0.15) is 10.4 Å². The van der Waals surface area contributed by atoms with Crippen LogP contribution in [0.5, 0.6) is 0 Å². The first kappa shape index (κ1) is 41.4. The van der Waals surface area contributed by atoms with Crippen LogP contribution in [-0.4, -0.2) is 109 Å². The first-order valence-corrected chi connectivity index (χ1v) is 16.2. The zero-order valence-corrected chi connectivity index (χ0v) is 30.3. The molecule has 0 saturated heterocycles. The van der Waals surface area contributed by atoms with Crippen LogP contribution in [0.3, 0.4) is 0 Å². The topological polar surface area (TPSA) is 296 Å². The van der Waals surface area contributed by atoms with E-state index in [0.717, 1.165) is 28.7 Å². The van der Waals surface area contributed by atoms with Gasteiger partial charge in [0.25, 0.3) is 0 Å². The lowest BCUT2D eigenvalue weighted by Crippen LogP contribution is -2.45.